The number of aromatic nitrogens is 3. The van der Waals surface area contributed by atoms with Gasteiger partial charge in [0.25, 0.3) is 0 Å². The minimum absolute atomic E-state index is 0.169. The van der Waals surface area contributed by atoms with E-state index in [0.717, 1.165) is 33.5 Å². The van der Waals surface area contributed by atoms with E-state index in [1.807, 2.05) is 72.8 Å². The van der Waals surface area contributed by atoms with E-state index in [4.69, 9.17) is 16.7 Å². The molecule has 3 aromatic carbocycles. The van der Waals surface area contributed by atoms with Crippen LogP contribution in [0.25, 0.3) is 16.9 Å². The second-order valence-electron chi connectivity index (χ2n) is 9.98. The smallest absolute Gasteiger partial charge is 0.240 e. The number of thioether (sulfide) groups is 1. The second kappa shape index (κ2) is 12.2. The predicted octanol–water partition coefficient (Wildman–Crippen LogP) is 6.38. The van der Waals surface area contributed by atoms with E-state index in [-0.39, 0.29) is 29.4 Å². The van der Waals surface area contributed by atoms with E-state index in [2.05, 4.69) is 29.4 Å². The van der Waals surface area contributed by atoms with Crippen molar-refractivity contribution in [2.45, 2.75) is 18.7 Å². The van der Waals surface area contributed by atoms with Crippen molar-refractivity contribution in [2.75, 3.05) is 17.2 Å². The molecule has 5 aromatic rings. The molecule has 2 amide bonds. The van der Waals surface area contributed by atoms with Gasteiger partial charge in [0, 0.05) is 30.1 Å². The maximum Gasteiger partial charge on any atom is 0.240 e. The van der Waals surface area contributed by atoms with Crippen molar-refractivity contribution in [2.24, 2.45) is 0 Å². The molecule has 2 aromatic heterocycles. The number of halogens is 1. The molecule has 7 nitrogen and oxygen atoms in total. The van der Waals surface area contributed by atoms with Gasteiger partial charge >= 0.3 is 0 Å². The molecule has 1 atom stereocenters. The summed E-state index contributed by atoms with van der Waals surface area (Å²) in [5.41, 5.74) is 6.22. The third-order valence-corrected chi connectivity index (χ3v) is 8.76. The monoisotopic (exact) mass is 593 g/mol. The Bertz CT molecular complexity index is 1740. The molecular formula is C33H28ClN5O2S. The number of nitrogens with zero attached hydrogens (tertiary/aromatic N) is 4. The molecule has 0 bridgehead atoms. The Morgan fingerprint density at radius 2 is 1.76 bits per heavy atom. The van der Waals surface area contributed by atoms with E-state index in [9.17, 15) is 9.59 Å². The number of anilines is 1. The summed E-state index contributed by atoms with van der Waals surface area (Å²) in [7, 11) is 0. The van der Waals surface area contributed by atoms with Crippen molar-refractivity contribution in [1.29, 1.82) is 0 Å². The number of hydrogen-bond acceptors (Lipinski definition) is 5. The highest BCUT2D eigenvalue weighted by molar-refractivity contribution is 8.00. The van der Waals surface area contributed by atoms with Gasteiger partial charge in [-0.15, -0.1) is 11.8 Å². The van der Waals surface area contributed by atoms with Crippen molar-refractivity contribution >= 4 is 41.0 Å². The normalized spacial score (nSPS) is 14.8. The van der Waals surface area contributed by atoms with Crippen molar-refractivity contribution in [3.05, 3.63) is 131 Å². The van der Waals surface area contributed by atoms with Gasteiger partial charge in [-0.2, -0.15) is 5.10 Å². The summed E-state index contributed by atoms with van der Waals surface area (Å²) in [6.07, 6.45) is 3.39. The number of para-hydroxylation sites is 1. The summed E-state index contributed by atoms with van der Waals surface area (Å²) >= 11 is 8.28. The largest absolute Gasteiger partial charge is 0.350 e. The fourth-order valence-electron chi connectivity index (χ4n) is 5.15. The van der Waals surface area contributed by atoms with Crippen LogP contribution >= 0.6 is 23.4 Å². The summed E-state index contributed by atoms with van der Waals surface area (Å²) in [4.78, 5) is 32.9. The number of carbonyl (C=O) groups excluding carboxylic acids is 2. The number of hydrogen-bond donors (Lipinski definition) is 1. The van der Waals surface area contributed by atoms with Crippen molar-refractivity contribution < 1.29 is 9.59 Å². The minimum atomic E-state index is -0.286. The van der Waals surface area contributed by atoms with Crippen molar-refractivity contribution in [3.63, 3.8) is 0 Å². The number of rotatable bonds is 7. The van der Waals surface area contributed by atoms with Gasteiger partial charge in [-0.1, -0.05) is 84.4 Å². The lowest BCUT2D eigenvalue weighted by Gasteiger charge is -2.24. The second-order valence-corrected chi connectivity index (χ2v) is 11.5. The van der Waals surface area contributed by atoms with Crippen LogP contribution in [0, 0.1) is 6.92 Å². The van der Waals surface area contributed by atoms with E-state index >= 15 is 0 Å². The van der Waals surface area contributed by atoms with Gasteiger partial charge in [0.05, 0.1) is 27.4 Å². The zero-order valence-electron chi connectivity index (χ0n) is 22.9. The topological polar surface area (TPSA) is 80.1 Å². The first-order valence-corrected chi connectivity index (χ1v) is 15.0. The first-order valence-electron chi connectivity index (χ1n) is 13.6. The van der Waals surface area contributed by atoms with Crippen molar-refractivity contribution in [1.82, 2.24) is 20.1 Å². The molecule has 0 saturated heterocycles. The van der Waals surface area contributed by atoms with E-state index in [0.29, 0.717) is 23.1 Å². The molecule has 9 heteroatoms. The molecule has 0 fully saturated rings. The van der Waals surface area contributed by atoms with Gasteiger partial charge in [0.2, 0.25) is 11.8 Å². The lowest BCUT2D eigenvalue weighted by atomic mass is 9.97. The predicted molar refractivity (Wildman–Crippen MR) is 168 cm³/mol. The molecule has 1 aliphatic rings. The van der Waals surface area contributed by atoms with Gasteiger partial charge in [-0.05, 0) is 41.8 Å². The van der Waals surface area contributed by atoms with Gasteiger partial charge < -0.3 is 5.32 Å². The Morgan fingerprint density at radius 1 is 1.00 bits per heavy atom. The minimum Gasteiger partial charge on any atom is -0.350 e. The molecule has 0 saturated carbocycles. The Hall–Kier alpha value is -4.40. The van der Waals surface area contributed by atoms with Crippen molar-refractivity contribution in [3.8, 4) is 16.9 Å². The number of amides is 2. The summed E-state index contributed by atoms with van der Waals surface area (Å²) < 4.78 is 1.73. The molecule has 0 spiro atoms. The van der Waals surface area contributed by atoms with Gasteiger partial charge in [0.1, 0.15) is 12.4 Å². The van der Waals surface area contributed by atoms with Crippen LogP contribution in [0.5, 0.6) is 0 Å². The highest BCUT2D eigenvalue weighted by Crippen LogP contribution is 2.49. The summed E-state index contributed by atoms with van der Waals surface area (Å²) in [6, 6.07) is 29.2. The average molecular weight is 594 g/mol. The molecule has 6 rings (SSSR count). The van der Waals surface area contributed by atoms with Crippen LogP contribution in [0.3, 0.4) is 0 Å². The summed E-state index contributed by atoms with van der Waals surface area (Å²) in [5.74, 6) is 0.273. The molecule has 1 N–H and O–H groups in total. The number of nitrogens with one attached hydrogen (secondary N) is 1. The zero-order chi connectivity index (χ0) is 29.1. The molecule has 42 heavy (non-hydrogen) atoms. The zero-order valence-corrected chi connectivity index (χ0v) is 24.5. The number of carbonyl (C=O) groups is 2. The number of fused-ring (bicyclic) bond motifs is 1. The Labute approximate surface area is 253 Å². The average Bonchev–Trinajstić information content (AvgIpc) is 3.34. The summed E-state index contributed by atoms with van der Waals surface area (Å²) in [5, 5.41) is 8.33. The number of aryl methyl sites for hydroxylation is 1. The van der Waals surface area contributed by atoms with Gasteiger partial charge in [-0.25, -0.2) is 4.68 Å². The Balaban J connectivity index is 1.54. The third-order valence-electron chi connectivity index (χ3n) is 7.20. The maximum atomic E-state index is 13.9. The van der Waals surface area contributed by atoms with Crippen LogP contribution in [0.15, 0.2) is 103 Å². The van der Waals surface area contributed by atoms with E-state index < -0.39 is 0 Å². The molecular weight excluding hydrogens is 566 g/mol. The Kier molecular flexibility index (Phi) is 8.08. The van der Waals surface area contributed by atoms with E-state index in [1.54, 1.807) is 39.8 Å². The maximum absolute atomic E-state index is 13.9. The number of pyridine rings is 1. The van der Waals surface area contributed by atoms with Crippen LogP contribution < -0.4 is 10.2 Å². The van der Waals surface area contributed by atoms with Gasteiger partial charge in [0.15, 0.2) is 0 Å². The first-order chi connectivity index (χ1) is 20.5. The van der Waals surface area contributed by atoms with Gasteiger partial charge in [-0.3, -0.25) is 19.5 Å². The molecule has 0 radical (unpaired) electrons. The van der Waals surface area contributed by atoms with Crippen LogP contribution in [-0.4, -0.2) is 38.9 Å². The first kappa shape index (κ1) is 27.8. The van der Waals surface area contributed by atoms with Crippen LogP contribution in [0.1, 0.15) is 27.5 Å². The number of benzene rings is 3. The summed E-state index contributed by atoms with van der Waals surface area (Å²) in [6.45, 7) is 2.21. The highest BCUT2D eigenvalue weighted by atomic mass is 35.5. The fourth-order valence-corrected chi connectivity index (χ4v) is 6.66. The molecule has 1 aliphatic heterocycles. The third kappa shape index (κ3) is 5.55. The molecule has 0 unspecified atom stereocenters. The molecule has 0 aliphatic carbocycles. The van der Waals surface area contributed by atoms with Crippen LogP contribution in [0.4, 0.5) is 5.82 Å². The highest BCUT2D eigenvalue weighted by Gasteiger charge is 2.38. The molecule has 210 valence electrons. The standard InChI is InChI=1S/C33H28ClN5O2S/c1-22-10-5-6-14-25(22)32-30-31(24-12-3-2-4-13-24)37-39(27-16-8-7-15-26(27)34)33(30)38(29(41)21-42-32)20-28(40)36-19-23-11-9-17-35-18-23/h2-18,32H,19-21H2,1H3,(H,36,40)/t32-/m0/s1. The fraction of sp³-hybridized carbons (Fsp3) is 0.152. The quantitative estimate of drug-likeness (QED) is 0.237. The SMILES string of the molecule is Cc1ccccc1[C@@H]1SCC(=O)N(CC(=O)NCc2cccnc2)c2c1c(-c1ccccc1)nn2-c1ccccc1Cl. The van der Waals surface area contributed by atoms with E-state index in [1.165, 1.54) is 0 Å². The molecule has 3 heterocycles. The van der Waals surface area contributed by atoms with Crippen LogP contribution in [-0.2, 0) is 16.1 Å². The van der Waals surface area contributed by atoms with Crippen LogP contribution in [0.2, 0.25) is 5.02 Å². The lowest BCUT2D eigenvalue weighted by Crippen LogP contribution is -2.42. The lowest BCUT2D eigenvalue weighted by molar-refractivity contribution is -0.123. The Morgan fingerprint density at radius 3 is 2.52 bits per heavy atom.